The second-order valence-electron chi connectivity index (χ2n) is 5.35. The van der Waals surface area contributed by atoms with Crippen LogP contribution in [0.15, 0.2) is 48.5 Å². The molecule has 2 rings (SSSR count). The summed E-state index contributed by atoms with van der Waals surface area (Å²) in [7, 11) is 0. The summed E-state index contributed by atoms with van der Waals surface area (Å²) in [5, 5.41) is 2.70. The Morgan fingerprint density at radius 2 is 1.74 bits per heavy atom. The van der Waals surface area contributed by atoms with E-state index < -0.39 is 24.3 Å². The van der Waals surface area contributed by atoms with Crippen LogP contribution in [0, 0.1) is 5.82 Å². The van der Waals surface area contributed by atoms with E-state index in [2.05, 4.69) is 5.32 Å². The van der Waals surface area contributed by atoms with E-state index in [0.29, 0.717) is 5.69 Å². The maximum absolute atomic E-state index is 13.5. The van der Waals surface area contributed by atoms with Crippen LogP contribution in [0.1, 0.15) is 35.7 Å². The number of halogens is 1. The molecule has 2 aromatic carbocycles. The number of rotatable bonds is 5. The van der Waals surface area contributed by atoms with Crippen LogP contribution in [0.4, 0.5) is 10.1 Å². The second-order valence-corrected chi connectivity index (χ2v) is 5.35. The van der Waals surface area contributed by atoms with Crippen LogP contribution in [0.5, 0.6) is 0 Å². The molecule has 1 N–H and O–H groups in total. The van der Waals surface area contributed by atoms with E-state index in [9.17, 15) is 14.0 Å². The largest absolute Gasteiger partial charge is 0.452 e. The number of para-hydroxylation sites is 1. The minimum atomic E-state index is -0.865. The lowest BCUT2D eigenvalue weighted by Crippen LogP contribution is -2.22. The number of benzene rings is 2. The van der Waals surface area contributed by atoms with Gasteiger partial charge in [-0.2, -0.15) is 0 Å². The highest BCUT2D eigenvalue weighted by molar-refractivity contribution is 5.96. The van der Waals surface area contributed by atoms with Gasteiger partial charge in [0.05, 0.1) is 5.56 Å². The minimum Gasteiger partial charge on any atom is -0.452 e. The third kappa shape index (κ3) is 4.39. The molecule has 0 fully saturated rings. The molecule has 0 bridgehead atoms. The lowest BCUT2D eigenvalue weighted by atomic mass is 10.0. The van der Waals surface area contributed by atoms with Gasteiger partial charge in [-0.25, -0.2) is 9.18 Å². The highest BCUT2D eigenvalue weighted by Gasteiger charge is 2.15. The molecule has 0 aliphatic heterocycles. The summed E-state index contributed by atoms with van der Waals surface area (Å²) in [6.07, 6.45) is 0. The van der Waals surface area contributed by atoms with Crippen LogP contribution >= 0.6 is 0 Å². The Balaban J connectivity index is 1.96. The SMILES string of the molecule is CC(C)c1ccccc1NC(=O)COC(=O)c1ccccc1F. The molecule has 0 unspecified atom stereocenters. The monoisotopic (exact) mass is 315 g/mol. The van der Waals surface area contributed by atoms with Gasteiger partial charge in [-0.15, -0.1) is 0 Å². The van der Waals surface area contributed by atoms with Gasteiger partial charge in [-0.05, 0) is 29.7 Å². The Hall–Kier alpha value is -2.69. The highest BCUT2D eigenvalue weighted by atomic mass is 19.1. The number of ether oxygens (including phenoxy) is 1. The van der Waals surface area contributed by atoms with Gasteiger partial charge in [0.1, 0.15) is 5.82 Å². The van der Waals surface area contributed by atoms with Crippen molar-refractivity contribution in [1.82, 2.24) is 0 Å². The van der Waals surface area contributed by atoms with Crippen LogP contribution < -0.4 is 5.32 Å². The first-order chi connectivity index (χ1) is 11.0. The molecule has 0 radical (unpaired) electrons. The summed E-state index contributed by atoms with van der Waals surface area (Å²) >= 11 is 0. The molecule has 2 aromatic rings. The van der Waals surface area contributed by atoms with Gasteiger partial charge in [0.15, 0.2) is 6.61 Å². The summed E-state index contributed by atoms with van der Waals surface area (Å²) < 4.78 is 18.3. The predicted octanol–water partition coefficient (Wildman–Crippen LogP) is 3.74. The molecule has 0 saturated carbocycles. The molecule has 23 heavy (non-hydrogen) atoms. The van der Waals surface area contributed by atoms with Gasteiger partial charge in [0.25, 0.3) is 5.91 Å². The van der Waals surface area contributed by atoms with Crippen molar-refractivity contribution >= 4 is 17.6 Å². The number of hydrogen-bond acceptors (Lipinski definition) is 3. The van der Waals surface area contributed by atoms with Crippen molar-refractivity contribution in [2.45, 2.75) is 19.8 Å². The highest BCUT2D eigenvalue weighted by Crippen LogP contribution is 2.23. The zero-order chi connectivity index (χ0) is 16.8. The van der Waals surface area contributed by atoms with Crippen molar-refractivity contribution in [2.24, 2.45) is 0 Å². The fraction of sp³-hybridized carbons (Fsp3) is 0.222. The molecule has 5 heteroatoms. The van der Waals surface area contributed by atoms with Crippen LogP contribution in [-0.4, -0.2) is 18.5 Å². The molecule has 0 saturated heterocycles. The van der Waals surface area contributed by atoms with Gasteiger partial charge in [-0.1, -0.05) is 44.2 Å². The lowest BCUT2D eigenvalue weighted by molar-refractivity contribution is -0.119. The van der Waals surface area contributed by atoms with E-state index in [1.54, 1.807) is 6.07 Å². The van der Waals surface area contributed by atoms with Crippen LogP contribution in [0.3, 0.4) is 0 Å². The van der Waals surface area contributed by atoms with Crippen LogP contribution in [0.25, 0.3) is 0 Å². The summed E-state index contributed by atoms with van der Waals surface area (Å²) in [5.74, 6) is -1.77. The average molecular weight is 315 g/mol. The molecule has 0 aliphatic carbocycles. The zero-order valence-corrected chi connectivity index (χ0v) is 13.0. The standard InChI is InChI=1S/C18H18FNO3/c1-12(2)13-7-4-6-10-16(13)20-17(21)11-23-18(22)14-8-3-5-9-15(14)19/h3-10,12H,11H2,1-2H3,(H,20,21). The van der Waals surface area contributed by atoms with Crippen molar-refractivity contribution in [3.8, 4) is 0 Å². The molecular formula is C18H18FNO3. The number of carbonyl (C=O) groups excluding carboxylic acids is 2. The quantitative estimate of drug-likeness (QED) is 0.855. The number of esters is 1. The Labute approximate surface area is 134 Å². The minimum absolute atomic E-state index is 0.192. The summed E-state index contributed by atoms with van der Waals surface area (Å²) in [6, 6.07) is 12.9. The maximum Gasteiger partial charge on any atom is 0.341 e. The van der Waals surface area contributed by atoms with E-state index in [4.69, 9.17) is 4.74 Å². The van der Waals surface area contributed by atoms with Crippen molar-refractivity contribution in [3.05, 3.63) is 65.5 Å². The van der Waals surface area contributed by atoms with Crippen molar-refractivity contribution in [3.63, 3.8) is 0 Å². The predicted molar refractivity (Wildman–Crippen MR) is 85.8 cm³/mol. The van der Waals surface area contributed by atoms with E-state index in [0.717, 1.165) is 11.6 Å². The van der Waals surface area contributed by atoms with Crippen molar-refractivity contribution in [1.29, 1.82) is 0 Å². The van der Waals surface area contributed by atoms with E-state index >= 15 is 0 Å². The van der Waals surface area contributed by atoms with Crippen molar-refractivity contribution in [2.75, 3.05) is 11.9 Å². The van der Waals surface area contributed by atoms with Gasteiger partial charge in [0.2, 0.25) is 0 Å². The molecule has 4 nitrogen and oxygen atoms in total. The summed E-state index contributed by atoms with van der Waals surface area (Å²) in [4.78, 5) is 23.7. The first-order valence-corrected chi connectivity index (χ1v) is 7.29. The third-order valence-corrected chi connectivity index (χ3v) is 3.29. The summed E-state index contributed by atoms with van der Waals surface area (Å²) in [5.41, 5.74) is 1.47. The van der Waals surface area contributed by atoms with Gasteiger partial charge < -0.3 is 10.1 Å². The van der Waals surface area contributed by atoms with E-state index in [-0.39, 0.29) is 11.5 Å². The normalized spacial score (nSPS) is 10.4. The Bertz CT molecular complexity index is 713. The van der Waals surface area contributed by atoms with Crippen LogP contribution in [-0.2, 0) is 9.53 Å². The summed E-state index contributed by atoms with van der Waals surface area (Å²) in [6.45, 7) is 3.56. The number of hydrogen-bond donors (Lipinski definition) is 1. The first kappa shape index (κ1) is 16.7. The molecule has 0 atom stereocenters. The Morgan fingerprint density at radius 3 is 2.43 bits per heavy atom. The fourth-order valence-electron chi connectivity index (χ4n) is 2.14. The number of carbonyl (C=O) groups is 2. The molecule has 1 amide bonds. The molecule has 0 aliphatic rings. The third-order valence-electron chi connectivity index (χ3n) is 3.29. The average Bonchev–Trinajstić information content (AvgIpc) is 2.53. The molecule has 120 valence electrons. The smallest absolute Gasteiger partial charge is 0.341 e. The number of amides is 1. The molecule has 0 spiro atoms. The van der Waals surface area contributed by atoms with E-state index in [1.165, 1.54) is 18.2 Å². The zero-order valence-electron chi connectivity index (χ0n) is 13.0. The Kier molecular flexibility index (Phi) is 5.46. The maximum atomic E-state index is 13.5. The molecular weight excluding hydrogens is 297 g/mol. The van der Waals surface area contributed by atoms with Crippen molar-refractivity contribution < 1.29 is 18.7 Å². The molecule has 0 heterocycles. The van der Waals surface area contributed by atoms with Gasteiger partial charge in [-0.3, -0.25) is 4.79 Å². The number of nitrogens with one attached hydrogen (secondary N) is 1. The molecule has 0 aromatic heterocycles. The Morgan fingerprint density at radius 1 is 1.09 bits per heavy atom. The van der Waals surface area contributed by atoms with Crippen LogP contribution in [0.2, 0.25) is 0 Å². The second kappa shape index (κ2) is 7.54. The van der Waals surface area contributed by atoms with E-state index in [1.807, 2.05) is 32.0 Å². The topological polar surface area (TPSA) is 55.4 Å². The first-order valence-electron chi connectivity index (χ1n) is 7.29. The van der Waals surface area contributed by atoms with Gasteiger partial charge in [0, 0.05) is 5.69 Å². The fourth-order valence-corrected chi connectivity index (χ4v) is 2.14. The number of anilines is 1. The lowest BCUT2D eigenvalue weighted by Gasteiger charge is -2.13. The van der Waals surface area contributed by atoms with Gasteiger partial charge >= 0.3 is 5.97 Å².